The lowest BCUT2D eigenvalue weighted by atomic mass is 9.92. The van der Waals surface area contributed by atoms with Crippen LogP contribution in [0.4, 0.5) is 0 Å². The number of aromatic nitrogens is 5. The van der Waals surface area contributed by atoms with Crippen molar-refractivity contribution < 1.29 is 9.90 Å². The number of rotatable bonds is 5. The van der Waals surface area contributed by atoms with Crippen molar-refractivity contribution >= 4 is 28.4 Å². The van der Waals surface area contributed by atoms with Crippen LogP contribution in [0.2, 0.25) is 5.02 Å². The van der Waals surface area contributed by atoms with Gasteiger partial charge in [-0.3, -0.25) is 9.48 Å². The molecule has 1 fully saturated rings. The molecular formula is C27H31ClN6O2. The average Bonchev–Trinajstić information content (AvgIpc) is 3.40. The van der Waals surface area contributed by atoms with E-state index in [2.05, 4.69) is 21.1 Å². The maximum atomic E-state index is 13.5. The van der Waals surface area contributed by atoms with E-state index < -0.39 is 5.60 Å². The summed E-state index contributed by atoms with van der Waals surface area (Å²) in [4.78, 5) is 24.3. The molecule has 9 heteroatoms. The molecule has 1 aliphatic rings. The summed E-state index contributed by atoms with van der Waals surface area (Å²) in [5, 5.41) is 16.2. The van der Waals surface area contributed by atoms with Crippen LogP contribution in [0.15, 0.2) is 42.9 Å². The normalized spacial score (nSPS) is 15.1. The quantitative estimate of drug-likeness (QED) is 0.435. The molecule has 1 aromatic carbocycles. The number of fused-ring (bicyclic) bond motifs is 1. The monoisotopic (exact) mass is 506 g/mol. The Morgan fingerprint density at radius 1 is 1.19 bits per heavy atom. The number of likely N-dealkylation sites (tertiary alicyclic amines) is 1. The first kappa shape index (κ1) is 24.5. The van der Waals surface area contributed by atoms with Gasteiger partial charge in [0.05, 0.1) is 22.0 Å². The third-order valence-electron chi connectivity index (χ3n) is 6.96. The summed E-state index contributed by atoms with van der Waals surface area (Å²) in [6, 6.07) is 7.60. The Morgan fingerprint density at radius 2 is 1.94 bits per heavy atom. The first-order valence-electron chi connectivity index (χ1n) is 12.2. The Kier molecular flexibility index (Phi) is 6.34. The number of piperidine rings is 1. The van der Waals surface area contributed by atoms with Gasteiger partial charge in [0.1, 0.15) is 5.60 Å². The van der Waals surface area contributed by atoms with E-state index in [9.17, 15) is 9.90 Å². The molecule has 188 valence electrons. The molecule has 36 heavy (non-hydrogen) atoms. The van der Waals surface area contributed by atoms with Gasteiger partial charge in [0, 0.05) is 62.2 Å². The molecule has 1 amide bonds. The topological polar surface area (TPSA) is 89.1 Å². The fourth-order valence-electron chi connectivity index (χ4n) is 4.95. The van der Waals surface area contributed by atoms with E-state index >= 15 is 0 Å². The zero-order valence-corrected chi connectivity index (χ0v) is 21.8. The van der Waals surface area contributed by atoms with Crippen molar-refractivity contribution in [3.63, 3.8) is 0 Å². The van der Waals surface area contributed by atoms with Gasteiger partial charge in [-0.1, -0.05) is 11.6 Å². The highest BCUT2D eigenvalue weighted by Crippen LogP contribution is 2.34. The molecule has 0 unspecified atom stereocenters. The standard InChI is InChI=1S/C27H31ClN6O2/c1-27(2,36)26-29-9-5-23(30-26)21-16-32(3)24-15-22(28)20(14-19(21)24)25(35)34-11-6-17(7-12-34)13-18-8-10-33(4)31-18/h5,8-10,14-17,36H,6-7,11-13H2,1-4H3. The van der Waals surface area contributed by atoms with Crippen molar-refractivity contribution in [2.45, 2.75) is 38.7 Å². The SMILES string of the molecule is Cn1ccc(CC2CCN(C(=O)c3cc4c(-c5ccnc(C(C)(C)O)n5)cn(C)c4cc3Cl)CC2)n1. The lowest BCUT2D eigenvalue weighted by molar-refractivity contribution is 0.0683. The molecule has 1 N–H and O–H groups in total. The molecule has 0 atom stereocenters. The van der Waals surface area contributed by atoms with Gasteiger partial charge in [-0.25, -0.2) is 9.97 Å². The van der Waals surface area contributed by atoms with Gasteiger partial charge in [-0.15, -0.1) is 0 Å². The van der Waals surface area contributed by atoms with Crippen molar-refractivity contribution in [2.24, 2.45) is 20.0 Å². The van der Waals surface area contributed by atoms with Gasteiger partial charge >= 0.3 is 0 Å². The molecule has 0 saturated carbocycles. The lowest BCUT2D eigenvalue weighted by Crippen LogP contribution is -2.39. The highest BCUT2D eigenvalue weighted by atomic mass is 35.5. The predicted octanol–water partition coefficient (Wildman–Crippen LogP) is 4.34. The largest absolute Gasteiger partial charge is 0.382 e. The molecular weight excluding hydrogens is 476 g/mol. The van der Waals surface area contributed by atoms with E-state index in [-0.39, 0.29) is 5.91 Å². The number of aryl methyl sites for hydroxylation is 2. The molecule has 3 aromatic heterocycles. The van der Waals surface area contributed by atoms with E-state index in [1.165, 1.54) is 0 Å². The second-order valence-electron chi connectivity index (χ2n) is 10.2. The van der Waals surface area contributed by atoms with E-state index in [0.29, 0.717) is 41.1 Å². The smallest absolute Gasteiger partial charge is 0.255 e. The van der Waals surface area contributed by atoms with Gasteiger partial charge in [-0.2, -0.15) is 5.10 Å². The Morgan fingerprint density at radius 3 is 2.61 bits per heavy atom. The zero-order valence-electron chi connectivity index (χ0n) is 21.1. The number of benzene rings is 1. The second-order valence-corrected chi connectivity index (χ2v) is 10.7. The minimum atomic E-state index is -1.16. The lowest BCUT2D eigenvalue weighted by Gasteiger charge is -2.32. The highest BCUT2D eigenvalue weighted by molar-refractivity contribution is 6.34. The van der Waals surface area contributed by atoms with E-state index in [0.717, 1.165) is 41.4 Å². The number of halogens is 1. The van der Waals surface area contributed by atoms with Crippen LogP contribution in [-0.4, -0.2) is 53.3 Å². The number of carbonyl (C=O) groups excluding carboxylic acids is 1. The van der Waals surface area contributed by atoms with E-state index in [1.807, 2.05) is 58.8 Å². The molecule has 4 aromatic rings. The van der Waals surface area contributed by atoms with Crippen LogP contribution in [0.3, 0.4) is 0 Å². The van der Waals surface area contributed by atoms with Crippen molar-refractivity contribution in [3.05, 3.63) is 65.0 Å². The molecule has 0 radical (unpaired) electrons. The van der Waals surface area contributed by atoms with Crippen molar-refractivity contribution in [1.29, 1.82) is 0 Å². The molecule has 8 nitrogen and oxygen atoms in total. The Hall–Kier alpha value is -3.23. The first-order valence-corrected chi connectivity index (χ1v) is 12.6. The van der Waals surface area contributed by atoms with Crippen LogP contribution < -0.4 is 0 Å². The van der Waals surface area contributed by atoms with Crippen LogP contribution in [0.5, 0.6) is 0 Å². The first-order chi connectivity index (χ1) is 17.1. The minimum Gasteiger partial charge on any atom is -0.382 e. The van der Waals surface area contributed by atoms with E-state index in [1.54, 1.807) is 20.0 Å². The number of aliphatic hydroxyl groups is 1. The Balaban J connectivity index is 1.40. The molecule has 0 spiro atoms. The number of carbonyl (C=O) groups is 1. The van der Waals surface area contributed by atoms with Crippen LogP contribution in [0.25, 0.3) is 22.2 Å². The summed E-state index contributed by atoms with van der Waals surface area (Å²) in [7, 11) is 3.87. The third kappa shape index (κ3) is 4.75. The molecule has 1 saturated heterocycles. The summed E-state index contributed by atoms with van der Waals surface area (Å²) in [5.74, 6) is 0.814. The van der Waals surface area contributed by atoms with Crippen LogP contribution in [-0.2, 0) is 26.1 Å². The van der Waals surface area contributed by atoms with Gasteiger partial charge in [0.25, 0.3) is 5.91 Å². The summed E-state index contributed by atoms with van der Waals surface area (Å²) in [6.45, 7) is 4.72. The van der Waals surface area contributed by atoms with E-state index in [4.69, 9.17) is 11.6 Å². The van der Waals surface area contributed by atoms with Gasteiger partial charge in [0.2, 0.25) is 0 Å². The molecule has 5 rings (SSSR count). The van der Waals surface area contributed by atoms with Crippen LogP contribution >= 0.6 is 11.6 Å². The maximum Gasteiger partial charge on any atom is 0.255 e. The molecule has 0 aliphatic carbocycles. The number of amides is 1. The third-order valence-corrected chi connectivity index (χ3v) is 7.27. The van der Waals surface area contributed by atoms with Gasteiger partial charge in [0.15, 0.2) is 5.82 Å². The summed E-state index contributed by atoms with van der Waals surface area (Å²) in [5.41, 5.74) is 2.89. The average molecular weight is 507 g/mol. The molecule has 0 bridgehead atoms. The number of hydrogen-bond acceptors (Lipinski definition) is 5. The summed E-state index contributed by atoms with van der Waals surface area (Å²) < 4.78 is 3.80. The Labute approximate surface area is 215 Å². The van der Waals surface area contributed by atoms with Crippen molar-refractivity contribution in [3.8, 4) is 11.3 Å². The van der Waals surface area contributed by atoms with Gasteiger partial charge in [-0.05, 0) is 63.3 Å². The predicted molar refractivity (Wildman–Crippen MR) is 140 cm³/mol. The minimum absolute atomic E-state index is 0.0483. The highest BCUT2D eigenvalue weighted by Gasteiger charge is 2.27. The van der Waals surface area contributed by atoms with Gasteiger partial charge < -0.3 is 14.6 Å². The summed E-state index contributed by atoms with van der Waals surface area (Å²) in [6.07, 6.45) is 8.41. The number of hydrogen-bond donors (Lipinski definition) is 1. The molecule has 1 aliphatic heterocycles. The van der Waals surface area contributed by atoms with Crippen LogP contribution in [0, 0.1) is 5.92 Å². The fourth-order valence-corrected chi connectivity index (χ4v) is 5.19. The number of nitrogens with zero attached hydrogens (tertiary/aromatic N) is 6. The maximum absolute atomic E-state index is 13.5. The fraction of sp³-hybridized carbons (Fsp3) is 0.407. The van der Waals surface area contributed by atoms with Crippen molar-refractivity contribution in [2.75, 3.05) is 13.1 Å². The van der Waals surface area contributed by atoms with Crippen LogP contribution in [0.1, 0.15) is 48.6 Å². The second kappa shape index (κ2) is 9.33. The Bertz CT molecular complexity index is 1430. The van der Waals surface area contributed by atoms with Crippen molar-refractivity contribution in [1.82, 2.24) is 29.2 Å². The summed E-state index contributed by atoms with van der Waals surface area (Å²) >= 11 is 6.64. The zero-order chi connectivity index (χ0) is 25.6. The molecule has 4 heterocycles.